The molecule has 0 bridgehead atoms. The molecule has 0 spiro atoms. The second-order valence-corrected chi connectivity index (χ2v) is 6.31. The number of para-hydroxylation sites is 1. The number of nitriles is 1. The van der Waals surface area contributed by atoms with Crippen molar-refractivity contribution >= 4 is 23.5 Å². The Morgan fingerprint density at radius 3 is 2.62 bits per heavy atom. The van der Waals surface area contributed by atoms with Crippen molar-refractivity contribution in [1.82, 2.24) is 5.32 Å². The lowest BCUT2D eigenvalue weighted by Crippen LogP contribution is -2.32. The van der Waals surface area contributed by atoms with E-state index in [1.807, 2.05) is 6.07 Å². The molecular formula is C21H21N3O5. The summed E-state index contributed by atoms with van der Waals surface area (Å²) < 4.78 is 5.05. The van der Waals surface area contributed by atoms with Gasteiger partial charge in [-0.1, -0.05) is 18.2 Å². The summed E-state index contributed by atoms with van der Waals surface area (Å²) >= 11 is 0. The van der Waals surface area contributed by atoms with Gasteiger partial charge in [0, 0.05) is 6.54 Å². The first kappa shape index (κ1) is 21.4. The molecule has 29 heavy (non-hydrogen) atoms. The van der Waals surface area contributed by atoms with Crippen LogP contribution in [0.3, 0.4) is 0 Å². The summed E-state index contributed by atoms with van der Waals surface area (Å²) in [4.78, 5) is 36.1. The van der Waals surface area contributed by atoms with E-state index in [1.54, 1.807) is 37.3 Å². The molecule has 8 nitrogen and oxygen atoms in total. The number of anilines is 1. The fraction of sp³-hybridized carbons (Fsp3) is 0.238. The van der Waals surface area contributed by atoms with Crippen LogP contribution in [0.25, 0.3) is 0 Å². The molecule has 0 aliphatic rings. The smallest absolute Gasteiger partial charge is 0.308 e. The van der Waals surface area contributed by atoms with Crippen LogP contribution in [0.5, 0.6) is 5.75 Å². The van der Waals surface area contributed by atoms with Crippen molar-refractivity contribution in [3.63, 3.8) is 0 Å². The number of esters is 1. The number of rotatable bonds is 7. The summed E-state index contributed by atoms with van der Waals surface area (Å²) in [5, 5.41) is 23.9. The van der Waals surface area contributed by atoms with E-state index in [1.165, 1.54) is 19.1 Å². The molecule has 2 aromatic rings. The molecule has 0 aliphatic heterocycles. The van der Waals surface area contributed by atoms with Crippen molar-refractivity contribution in [2.45, 2.75) is 26.4 Å². The van der Waals surface area contributed by atoms with Crippen molar-refractivity contribution in [1.29, 1.82) is 5.26 Å². The van der Waals surface area contributed by atoms with Crippen LogP contribution in [0.2, 0.25) is 0 Å². The van der Waals surface area contributed by atoms with E-state index < -0.39 is 23.9 Å². The molecule has 2 aromatic carbocycles. The van der Waals surface area contributed by atoms with Crippen molar-refractivity contribution in [3.8, 4) is 11.8 Å². The van der Waals surface area contributed by atoms with Crippen LogP contribution < -0.4 is 10.6 Å². The van der Waals surface area contributed by atoms with E-state index >= 15 is 0 Å². The Morgan fingerprint density at radius 2 is 1.93 bits per heavy atom. The summed E-state index contributed by atoms with van der Waals surface area (Å²) in [6, 6.07) is 13.1. The lowest BCUT2D eigenvalue weighted by Gasteiger charge is -2.14. The predicted octanol–water partition coefficient (Wildman–Crippen LogP) is 2.26. The minimum Gasteiger partial charge on any atom is -0.507 e. The highest BCUT2D eigenvalue weighted by atomic mass is 16.5. The summed E-state index contributed by atoms with van der Waals surface area (Å²) in [7, 11) is 0. The van der Waals surface area contributed by atoms with Gasteiger partial charge in [-0.2, -0.15) is 5.26 Å². The van der Waals surface area contributed by atoms with Gasteiger partial charge in [-0.25, -0.2) is 0 Å². The fourth-order valence-corrected chi connectivity index (χ4v) is 2.44. The van der Waals surface area contributed by atoms with Crippen LogP contribution >= 0.6 is 0 Å². The van der Waals surface area contributed by atoms with E-state index in [-0.39, 0.29) is 24.3 Å². The van der Waals surface area contributed by atoms with Crippen LogP contribution in [-0.2, 0) is 14.3 Å². The summed E-state index contributed by atoms with van der Waals surface area (Å²) in [5.41, 5.74) is 1.54. The van der Waals surface area contributed by atoms with Gasteiger partial charge in [-0.15, -0.1) is 0 Å². The van der Waals surface area contributed by atoms with Crippen LogP contribution in [0.4, 0.5) is 5.69 Å². The quantitative estimate of drug-likeness (QED) is 0.617. The molecular weight excluding hydrogens is 374 g/mol. The molecule has 0 saturated carbocycles. The fourth-order valence-electron chi connectivity index (χ4n) is 2.44. The van der Waals surface area contributed by atoms with Gasteiger partial charge in [0.25, 0.3) is 11.8 Å². The minimum atomic E-state index is -1.08. The highest BCUT2D eigenvalue weighted by Gasteiger charge is 2.19. The third kappa shape index (κ3) is 6.07. The lowest BCUT2D eigenvalue weighted by molar-refractivity contribution is -0.153. The number of phenols is 1. The standard InChI is InChI=1S/C21H21N3O5/c1-13-7-8-16(18(25)11-13)21(28)23-10-9-19(26)29-14(2)20(27)24-17-6-4-3-5-15(17)12-22/h3-8,11,14,25H,9-10H2,1-2H3,(H,23,28)(H,24,27). The highest BCUT2D eigenvalue weighted by molar-refractivity contribution is 5.97. The molecule has 0 aliphatic carbocycles. The Morgan fingerprint density at radius 1 is 1.21 bits per heavy atom. The molecule has 0 heterocycles. The molecule has 1 unspecified atom stereocenters. The van der Waals surface area contributed by atoms with Crippen molar-refractivity contribution in [2.24, 2.45) is 0 Å². The summed E-state index contributed by atoms with van der Waals surface area (Å²) in [6.07, 6.45) is -1.23. The Kier molecular flexibility index (Phi) is 7.32. The molecule has 150 valence electrons. The van der Waals surface area contributed by atoms with Gasteiger partial charge in [-0.3, -0.25) is 14.4 Å². The van der Waals surface area contributed by atoms with Crippen molar-refractivity contribution in [2.75, 3.05) is 11.9 Å². The number of nitrogens with one attached hydrogen (secondary N) is 2. The van der Waals surface area contributed by atoms with E-state index in [0.29, 0.717) is 11.3 Å². The molecule has 0 fully saturated rings. The highest BCUT2D eigenvalue weighted by Crippen LogP contribution is 2.18. The second-order valence-electron chi connectivity index (χ2n) is 6.31. The number of aromatic hydroxyl groups is 1. The molecule has 2 rings (SSSR count). The Balaban J connectivity index is 1.80. The Labute approximate surface area is 168 Å². The molecule has 1 atom stereocenters. The van der Waals surface area contributed by atoms with Gasteiger partial charge in [0.2, 0.25) is 0 Å². The number of amides is 2. The number of aryl methyl sites for hydroxylation is 1. The normalized spacial score (nSPS) is 11.1. The van der Waals surface area contributed by atoms with Crippen molar-refractivity contribution < 1.29 is 24.2 Å². The Bertz CT molecular complexity index is 965. The van der Waals surface area contributed by atoms with E-state index in [2.05, 4.69) is 10.6 Å². The van der Waals surface area contributed by atoms with Crippen LogP contribution in [0.1, 0.15) is 34.8 Å². The lowest BCUT2D eigenvalue weighted by atomic mass is 10.1. The molecule has 0 aromatic heterocycles. The Hall–Kier alpha value is -3.86. The average Bonchev–Trinajstić information content (AvgIpc) is 2.68. The third-order valence-electron chi connectivity index (χ3n) is 4.00. The maximum absolute atomic E-state index is 12.2. The van der Waals surface area contributed by atoms with Gasteiger partial charge < -0.3 is 20.5 Å². The van der Waals surface area contributed by atoms with Crippen molar-refractivity contribution in [3.05, 3.63) is 59.2 Å². The van der Waals surface area contributed by atoms with E-state index in [4.69, 9.17) is 10.00 Å². The van der Waals surface area contributed by atoms with Crippen LogP contribution in [-0.4, -0.2) is 35.5 Å². The SMILES string of the molecule is Cc1ccc(C(=O)NCCC(=O)OC(C)C(=O)Nc2ccccc2C#N)c(O)c1. The first-order chi connectivity index (χ1) is 13.8. The molecule has 0 saturated heterocycles. The van der Waals surface area contributed by atoms with Crippen LogP contribution in [0, 0.1) is 18.3 Å². The van der Waals surface area contributed by atoms with Gasteiger partial charge in [0.05, 0.1) is 23.2 Å². The zero-order valence-electron chi connectivity index (χ0n) is 16.1. The number of hydrogen-bond donors (Lipinski definition) is 3. The number of carbonyl (C=O) groups is 3. The maximum Gasteiger partial charge on any atom is 0.308 e. The first-order valence-corrected chi connectivity index (χ1v) is 8.89. The first-order valence-electron chi connectivity index (χ1n) is 8.89. The maximum atomic E-state index is 12.2. The molecule has 8 heteroatoms. The second kappa shape index (κ2) is 9.90. The number of carbonyl (C=O) groups excluding carboxylic acids is 3. The van der Waals surface area contributed by atoms with Gasteiger partial charge in [0.1, 0.15) is 11.8 Å². The van der Waals surface area contributed by atoms with Crippen LogP contribution in [0.15, 0.2) is 42.5 Å². The summed E-state index contributed by atoms with van der Waals surface area (Å²) in [6.45, 7) is 3.18. The predicted molar refractivity (Wildman–Crippen MR) is 105 cm³/mol. The zero-order valence-corrected chi connectivity index (χ0v) is 16.1. The van der Waals surface area contributed by atoms with Gasteiger partial charge in [0.15, 0.2) is 6.10 Å². The number of hydrogen-bond acceptors (Lipinski definition) is 6. The minimum absolute atomic E-state index is 0.0173. The number of benzene rings is 2. The zero-order chi connectivity index (χ0) is 21.4. The monoisotopic (exact) mass is 395 g/mol. The molecule has 0 radical (unpaired) electrons. The number of ether oxygens (including phenoxy) is 1. The molecule has 2 amide bonds. The van der Waals surface area contributed by atoms with Gasteiger partial charge in [-0.05, 0) is 43.7 Å². The summed E-state index contributed by atoms with van der Waals surface area (Å²) in [5.74, 6) is -1.91. The van der Waals surface area contributed by atoms with E-state index in [0.717, 1.165) is 5.56 Å². The third-order valence-corrected chi connectivity index (χ3v) is 4.00. The van der Waals surface area contributed by atoms with E-state index in [9.17, 15) is 19.5 Å². The largest absolute Gasteiger partial charge is 0.507 e. The number of phenolic OH excluding ortho intramolecular Hbond substituents is 1. The van der Waals surface area contributed by atoms with Gasteiger partial charge >= 0.3 is 5.97 Å². The average molecular weight is 395 g/mol. The topological polar surface area (TPSA) is 129 Å². The molecule has 3 N–H and O–H groups in total. The number of nitrogens with zero attached hydrogens (tertiary/aromatic N) is 1.